The molecule has 0 saturated carbocycles. The van der Waals surface area contributed by atoms with E-state index in [0.717, 1.165) is 40.7 Å². The highest BCUT2D eigenvalue weighted by molar-refractivity contribution is 5.98. The van der Waals surface area contributed by atoms with Crippen LogP contribution >= 0.6 is 0 Å². The number of carbonyl (C=O) groups excluding carboxylic acids is 1. The van der Waals surface area contributed by atoms with E-state index in [2.05, 4.69) is 22.2 Å². The predicted octanol–water partition coefficient (Wildman–Crippen LogP) is 5.66. The first kappa shape index (κ1) is 25.6. The maximum absolute atomic E-state index is 13.1. The SMILES string of the molecule is CCCCOc1ccc(-c2cncnc2)cc1C(=O)NCCc1ccc(-c2ccc(C(=O)O)cc2)cc1. The molecular formula is C30H29N3O4. The van der Waals surface area contributed by atoms with Gasteiger partial charge in [0.1, 0.15) is 12.1 Å². The lowest BCUT2D eigenvalue weighted by atomic mass is 10.0. The molecule has 0 fully saturated rings. The number of hydrogen-bond donors (Lipinski definition) is 2. The Morgan fingerprint density at radius 2 is 1.51 bits per heavy atom. The van der Waals surface area contributed by atoms with Crippen molar-refractivity contribution >= 4 is 11.9 Å². The lowest BCUT2D eigenvalue weighted by Gasteiger charge is -2.13. The first-order valence-electron chi connectivity index (χ1n) is 12.3. The number of aromatic nitrogens is 2. The van der Waals surface area contributed by atoms with E-state index in [9.17, 15) is 9.59 Å². The molecule has 7 heteroatoms. The number of benzene rings is 3. The Morgan fingerprint density at radius 1 is 0.865 bits per heavy atom. The number of rotatable bonds is 11. The summed E-state index contributed by atoms with van der Waals surface area (Å²) in [6.07, 6.45) is 7.49. The molecule has 1 amide bonds. The van der Waals surface area contributed by atoms with Gasteiger partial charge < -0.3 is 15.2 Å². The lowest BCUT2D eigenvalue weighted by Crippen LogP contribution is -2.26. The van der Waals surface area contributed by atoms with Crippen molar-refractivity contribution in [2.75, 3.05) is 13.2 Å². The smallest absolute Gasteiger partial charge is 0.335 e. The highest BCUT2D eigenvalue weighted by Gasteiger charge is 2.15. The molecule has 188 valence electrons. The molecule has 2 N–H and O–H groups in total. The summed E-state index contributed by atoms with van der Waals surface area (Å²) >= 11 is 0. The maximum atomic E-state index is 13.1. The minimum Gasteiger partial charge on any atom is -0.493 e. The lowest BCUT2D eigenvalue weighted by molar-refractivity contribution is 0.0696. The molecule has 0 unspecified atom stereocenters. The Balaban J connectivity index is 1.40. The number of amides is 1. The van der Waals surface area contributed by atoms with Crippen LogP contribution in [0.2, 0.25) is 0 Å². The van der Waals surface area contributed by atoms with E-state index in [1.807, 2.05) is 42.5 Å². The zero-order valence-corrected chi connectivity index (χ0v) is 20.7. The van der Waals surface area contributed by atoms with Crippen molar-refractivity contribution in [2.24, 2.45) is 0 Å². The van der Waals surface area contributed by atoms with Crippen LogP contribution in [0.1, 0.15) is 46.0 Å². The molecule has 0 aliphatic carbocycles. The van der Waals surface area contributed by atoms with Crippen LogP contribution in [-0.4, -0.2) is 40.1 Å². The Morgan fingerprint density at radius 3 is 2.16 bits per heavy atom. The summed E-state index contributed by atoms with van der Waals surface area (Å²) in [6.45, 7) is 3.12. The van der Waals surface area contributed by atoms with Gasteiger partial charge in [0.25, 0.3) is 5.91 Å². The Kier molecular flexibility index (Phi) is 8.60. The van der Waals surface area contributed by atoms with Crippen molar-refractivity contribution in [1.29, 1.82) is 0 Å². The van der Waals surface area contributed by atoms with Gasteiger partial charge in [-0.25, -0.2) is 14.8 Å². The van der Waals surface area contributed by atoms with Gasteiger partial charge in [0.05, 0.1) is 17.7 Å². The number of unbranched alkanes of at least 4 members (excludes halogenated alkanes) is 1. The average molecular weight is 496 g/mol. The van der Waals surface area contributed by atoms with Gasteiger partial charge in [0.15, 0.2) is 0 Å². The monoisotopic (exact) mass is 495 g/mol. The summed E-state index contributed by atoms with van der Waals surface area (Å²) in [5.41, 5.74) is 5.45. The van der Waals surface area contributed by atoms with Crippen LogP contribution in [0.5, 0.6) is 5.75 Å². The van der Waals surface area contributed by atoms with Crippen LogP contribution in [0.25, 0.3) is 22.3 Å². The average Bonchev–Trinajstić information content (AvgIpc) is 2.94. The first-order chi connectivity index (χ1) is 18.0. The molecule has 1 heterocycles. The maximum Gasteiger partial charge on any atom is 0.335 e. The third kappa shape index (κ3) is 6.79. The zero-order valence-electron chi connectivity index (χ0n) is 20.7. The van der Waals surface area contributed by atoms with E-state index in [4.69, 9.17) is 9.84 Å². The van der Waals surface area contributed by atoms with Gasteiger partial charge in [0.2, 0.25) is 0 Å². The topological polar surface area (TPSA) is 101 Å². The third-order valence-electron chi connectivity index (χ3n) is 5.99. The van der Waals surface area contributed by atoms with E-state index < -0.39 is 5.97 Å². The molecule has 0 aliphatic heterocycles. The molecule has 0 radical (unpaired) electrons. The van der Waals surface area contributed by atoms with E-state index in [1.165, 1.54) is 6.33 Å². The number of hydrogen-bond acceptors (Lipinski definition) is 5. The Labute approximate surface area is 216 Å². The van der Waals surface area contributed by atoms with Gasteiger partial charge in [-0.15, -0.1) is 0 Å². The molecule has 3 aromatic carbocycles. The van der Waals surface area contributed by atoms with Crippen LogP contribution in [0.15, 0.2) is 85.5 Å². The second-order valence-electron chi connectivity index (χ2n) is 8.63. The van der Waals surface area contributed by atoms with Gasteiger partial charge in [-0.1, -0.05) is 55.8 Å². The first-order valence-corrected chi connectivity index (χ1v) is 12.3. The molecule has 1 aromatic heterocycles. The van der Waals surface area contributed by atoms with Crippen molar-refractivity contribution in [2.45, 2.75) is 26.2 Å². The van der Waals surface area contributed by atoms with E-state index in [1.54, 1.807) is 36.7 Å². The van der Waals surface area contributed by atoms with Crippen molar-refractivity contribution in [3.8, 4) is 28.0 Å². The Hall–Kier alpha value is -4.52. The number of carboxylic acid groups (broad SMARTS) is 1. The van der Waals surface area contributed by atoms with E-state index >= 15 is 0 Å². The van der Waals surface area contributed by atoms with Crippen LogP contribution in [0.3, 0.4) is 0 Å². The fourth-order valence-electron chi connectivity index (χ4n) is 3.87. The van der Waals surface area contributed by atoms with E-state index in [0.29, 0.717) is 30.9 Å². The standard InChI is InChI=1S/C30H29N3O4/c1-2-3-16-37-28-13-12-25(26-18-31-20-32-19-26)17-27(28)29(34)33-15-14-21-4-6-22(7-5-21)23-8-10-24(11-9-23)30(35)36/h4-13,17-20H,2-3,14-16H2,1H3,(H,33,34)(H,35,36). The van der Waals surface area contributed by atoms with Gasteiger partial charge in [-0.05, 0) is 59.4 Å². The van der Waals surface area contributed by atoms with Gasteiger partial charge in [-0.3, -0.25) is 4.79 Å². The van der Waals surface area contributed by atoms with Crippen molar-refractivity contribution in [3.63, 3.8) is 0 Å². The molecular weight excluding hydrogens is 466 g/mol. The molecule has 0 spiro atoms. The number of ether oxygens (including phenoxy) is 1. The van der Waals surface area contributed by atoms with Crippen molar-refractivity contribution < 1.29 is 19.4 Å². The van der Waals surface area contributed by atoms with Crippen LogP contribution < -0.4 is 10.1 Å². The van der Waals surface area contributed by atoms with Crippen LogP contribution in [-0.2, 0) is 6.42 Å². The summed E-state index contributed by atoms with van der Waals surface area (Å²) in [4.78, 5) is 32.3. The minimum atomic E-state index is -0.940. The third-order valence-corrected chi connectivity index (χ3v) is 5.99. The quantitative estimate of drug-likeness (QED) is 0.260. The summed E-state index contributed by atoms with van der Waals surface area (Å²) in [5.74, 6) is -0.574. The van der Waals surface area contributed by atoms with Crippen LogP contribution in [0, 0.1) is 0 Å². The summed E-state index contributed by atoms with van der Waals surface area (Å²) in [6, 6.07) is 20.4. The predicted molar refractivity (Wildman–Crippen MR) is 143 cm³/mol. The highest BCUT2D eigenvalue weighted by Crippen LogP contribution is 2.27. The molecule has 0 saturated heterocycles. The Bertz CT molecular complexity index is 1340. The van der Waals surface area contributed by atoms with E-state index in [-0.39, 0.29) is 11.5 Å². The summed E-state index contributed by atoms with van der Waals surface area (Å²) in [5, 5.41) is 12.1. The molecule has 4 aromatic rings. The van der Waals surface area contributed by atoms with Crippen molar-refractivity contribution in [1.82, 2.24) is 15.3 Å². The number of aromatic carboxylic acids is 1. The second-order valence-corrected chi connectivity index (χ2v) is 8.63. The second kappa shape index (κ2) is 12.4. The largest absolute Gasteiger partial charge is 0.493 e. The molecule has 37 heavy (non-hydrogen) atoms. The number of carbonyl (C=O) groups is 2. The molecule has 0 aliphatic rings. The highest BCUT2D eigenvalue weighted by atomic mass is 16.5. The number of carboxylic acids is 1. The summed E-state index contributed by atoms with van der Waals surface area (Å²) in [7, 11) is 0. The number of nitrogens with one attached hydrogen (secondary N) is 1. The van der Waals surface area contributed by atoms with Gasteiger partial charge in [-0.2, -0.15) is 0 Å². The minimum absolute atomic E-state index is 0.194. The summed E-state index contributed by atoms with van der Waals surface area (Å²) < 4.78 is 5.91. The normalized spacial score (nSPS) is 10.6. The van der Waals surface area contributed by atoms with Gasteiger partial charge >= 0.3 is 5.97 Å². The molecule has 7 nitrogen and oxygen atoms in total. The fraction of sp³-hybridized carbons (Fsp3) is 0.200. The van der Waals surface area contributed by atoms with Crippen LogP contribution in [0.4, 0.5) is 0 Å². The molecule has 0 atom stereocenters. The van der Waals surface area contributed by atoms with Crippen molar-refractivity contribution in [3.05, 3.63) is 102 Å². The fourth-order valence-corrected chi connectivity index (χ4v) is 3.87. The molecule has 0 bridgehead atoms. The number of nitrogens with zero attached hydrogens (tertiary/aromatic N) is 2. The zero-order chi connectivity index (χ0) is 26.0. The molecule has 4 rings (SSSR count). The van der Waals surface area contributed by atoms with Gasteiger partial charge in [0, 0.05) is 24.5 Å².